The second-order valence-electron chi connectivity index (χ2n) is 4.97. The summed E-state index contributed by atoms with van der Waals surface area (Å²) in [4.78, 5) is 0. The van der Waals surface area contributed by atoms with Crippen LogP contribution in [-0.2, 0) is 0 Å². The van der Waals surface area contributed by atoms with Crippen LogP contribution in [0.15, 0.2) is 49.1 Å². The predicted molar refractivity (Wildman–Crippen MR) is 88.2 cm³/mol. The van der Waals surface area contributed by atoms with Gasteiger partial charge in [-0.25, -0.2) is 0 Å². The van der Waals surface area contributed by atoms with Crippen LogP contribution in [0.25, 0.3) is 0 Å². The van der Waals surface area contributed by atoms with E-state index in [-0.39, 0.29) is 0 Å². The van der Waals surface area contributed by atoms with Crippen LogP contribution in [0.4, 0.5) is 0 Å². The molecule has 0 aliphatic carbocycles. The summed E-state index contributed by atoms with van der Waals surface area (Å²) in [5.74, 6) is 0. The molecule has 19 heavy (non-hydrogen) atoms. The molecule has 1 unspecified atom stereocenters. The molecule has 1 nitrogen and oxygen atoms in total. The Kier molecular flexibility index (Phi) is 14.1. The molecule has 0 aromatic carbocycles. The summed E-state index contributed by atoms with van der Waals surface area (Å²) in [6, 6.07) is 0.429. The van der Waals surface area contributed by atoms with Gasteiger partial charge in [-0.2, -0.15) is 0 Å². The lowest BCUT2D eigenvalue weighted by Crippen LogP contribution is -2.18. The van der Waals surface area contributed by atoms with Gasteiger partial charge in [0.1, 0.15) is 0 Å². The third-order valence-corrected chi connectivity index (χ3v) is 3.07. The Morgan fingerprint density at radius 2 is 1.58 bits per heavy atom. The third kappa shape index (κ3) is 14.9. The highest BCUT2D eigenvalue weighted by Gasteiger charge is 1.99. The maximum Gasteiger partial charge on any atom is 0.00387 e. The van der Waals surface area contributed by atoms with E-state index < -0.39 is 0 Å². The summed E-state index contributed by atoms with van der Waals surface area (Å²) >= 11 is 0. The van der Waals surface area contributed by atoms with E-state index in [9.17, 15) is 0 Å². The van der Waals surface area contributed by atoms with Crippen molar-refractivity contribution in [3.63, 3.8) is 0 Å². The molecule has 0 aromatic heterocycles. The maximum atomic E-state index is 5.98. The molecule has 0 fully saturated rings. The molecule has 0 aromatic rings. The largest absolute Gasteiger partial charge is 0.328 e. The van der Waals surface area contributed by atoms with Crippen LogP contribution < -0.4 is 5.73 Å². The highest BCUT2D eigenvalue weighted by atomic mass is 14.6. The van der Waals surface area contributed by atoms with Gasteiger partial charge in [0.05, 0.1) is 0 Å². The molecule has 108 valence electrons. The first kappa shape index (κ1) is 17.9. The lowest BCUT2D eigenvalue weighted by atomic mass is 10.0. The van der Waals surface area contributed by atoms with Gasteiger partial charge >= 0.3 is 0 Å². The molecule has 0 rings (SSSR count). The van der Waals surface area contributed by atoms with Crippen molar-refractivity contribution in [3.05, 3.63) is 49.1 Å². The van der Waals surface area contributed by atoms with Gasteiger partial charge in [0.25, 0.3) is 0 Å². The lowest BCUT2D eigenvalue weighted by molar-refractivity contribution is 0.514. The van der Waals surface area contributed by atoms with Crippen molar-refractivity contribution >= 4 is 0 Å². The molecule has 0 saturated carbocycles. The zero-order valence-electron chi connectivity index (χ0n) is 12.6. The van der Waals surface area contributed by atoms with Crippen LogP contribution in [0.1, 0.15) is 58.3 Å². The van der Waals surface area contributed by atoms with Crippen molar-refractivity contribution in [2.75, 3.05) is 0 Å². The molecule has 0 saturated heterocycles. The second kappa shape index (κ2) is 15.0. The number of rotatable bonds is 12. The van der Waals surface area contributed by atoms with Crippen molar-refractivity contribution in [3.8, 4) is 0 Å². The quantitative estimate of drug-likeness (QED) is 0.374. The maximum absolute atomic E-state index is 5.98. The molecule has 0 aliphatic heterocycles. The summed E-state index contributed by atoms with van der Waals surface area (Å²) in [5.41, 5.74) is 5.98. The minimum atomic E-state index is 0.429. The Morgan fingerprint density at radius 1 is 0.895 bits per heavy atom. The van der Waals surface area contributed by atoms with Crippen LogP contribution in [0.2, 0.25) is 0 Å². The Balaban J connectivity index is 3.31. The molecule has 0 heterocycles. The molecular weight excluding hydrogens is 230 g/mol. The van der Waals surface area contributed by atoms with Gasteiger partial charge in [-0.1, -0.05) is 81.7 Å². The van der Waals surface area contributed by atoms with E-state index in [2.05, 4.69) is 31.7 Å². The standard InChI is InChI=1S/C18H31N/c1-3-5-6-7-8-9-10-11-12-13-14-15-17-18(19)16-4-2/h3,5-10,18H,1,4,11-17,19H2,2H3. The fraction of sp³-hybridized carbons (Fsp3) is 0.556. The van der Waals surface area contributed by atoms with Gasteiger partial charge in [-0.3, -0.25) is 0 Å². The van der Waals surface area contributed by atoms with E-state index >= 15 is 0 Å². The first-order valence-corrected chi connectivity index (χ1v) is 7.67. The van der Waals surface area contributed by atoms with E-state index in [0.717, 1.165) is 0 Å². The Labute approximate surface area is 120 Å². The minimum absolute atomic E-state index is 0.429. The van der Waals surface area contributed by atoms with Crippen LogP contribution >= 0.6 is 0 Å². The summed E-state index contributed by atoms with van der Waals surface area (Å²) in [6.45, 7) is 5.82. The predicted octanol–water partition coefficient (Wildman–Crippen LogP) is 5.31. The van der Waals surface area contributed by atoms with Crippen molar-refractivity contribution in [2.45, 2.75) is 64.3 Å². The van der Waals surface area contributed by atoms with Crippen LogP contribution in [0, 0.1) is 0 Å². The monoisotopic (exact) mass is 261 g/mol. The summed E-state index contributed by atoms with van der Waals surface area (Å²) in [7, 11) is 0. The van der Waals surface area contributed by atoms with E-state index in [1.54, 1.807) is 6.08 Å². The molecule has 1 heteroatoms. The summed E-state index contributed by atoms with van der Waals surface area (Å²) in [6.07, 6.45) is 24.1. The minimum Gasteiger partial charge on any atom is -0.328 e. The van der Waals surface area contributed by atoms with Crippen LogP contribution in [-0.4, -0.2) is 6.04 Å². The fourth-order valence-corrected chi connectivity index (χ4v) is 1.98. The zero-order valence-corrected chi connectivity index (χ0v) is 12.6. The molecular formula is C18H31N. The van der Waals surface area contributed by atoms with Crippen molar-refractivity contribution in [1.29, 1.82) is 0 Å². The lowest BCUT2D eigenvalue weighted by Gasteiger charge is -2.09. The van der Waals surface area contributed by atoms with E-state index in [4.69, 9.17) is 5.73 Å². The van der Waals surface area contributed by atoms with Crippen molar-refractivity contribution < 1.29 is 0 Å². The number of unbranched alkanes of at least 4 members (excludes halogenated alkanes) is 4. The van der Waals surface area contributed by atoms with Crippen molar-refractivity contribution in [2.24, 2.45) is 5.73 Å². The van der Waals surface area contributed by atoms with E-state index in [1.807, 2.05) is 18.2 Å². The van der Waals surface area contributed by atoms with Gasteiger partial charge in [0.2, 0.25) is 0 Å². The number of nitrogens with two attached hydrogens (primary N) is 1. The Bertz CT molecular complexity index is 273. The smallest absolute Gasteiger partial charge is 0.00387 e. The topological polar surface area (TPSA) is 26.0 Å². The van der Waals surface area contributed by atoms with Gasteiger partial charge in [0, 0.05) is 6.04 Å². The summed E-state index contributed by atoms with van der Waals surface area (Å²) in [5, 5.41) is 0. The van der Waals surface area contributed by atoms with Gasteiger partial charge in [0.15, 0.2) is 0 Å². The molecule has 0 radical (unpaired) electrons. The second-order valence-corrected chi connectivity index (χ2v) is 4.97. The average Bonchev–Trinajstić information content (AvgIpc) is 2.40. The fourth-order valence-electron chi connectivity index (χ4n) is 1.98. The number of hydrogen-bond acceptors (Lipinski definition) is 1. The van der Waals surface area contributed by atoms with Gasteiger partial charge < -0.3 is 5.73 Å². The van der Waals surface area contributed by atoms with E-state index in [0.29, 0.717) is 6.04 Å². The molecule has 0 amide bonds. The van der Waals surface area contributed by atoms with Gasteiger partial charge in [-0.15, -0.1) is 0 Å². The third-order valence-electron chi connectivity index (χ3n) is 3.07. The number of hydrogen-bond donors (Lipinski definition) is 1. The molecule has 0 bridgehead atoms. The first-order chi connectivity index (χ1) is 9.31. The Hall–Kier alpha value is -1.08. The van der Waals surface area contributed by atoms with Crippen LogP contribution in [0.5, 0.6) is 0 Å². The molecule has 0 spiro atoms. The summed E-state index contributed by atoms with van der Waals surface area (Å²) < 4.78 is 0. The first-order valence-electron chi connectivity index (χ1n) is 7.67. The van der Waals surface area contributed by atoms with Crippen LogP contribution in [0.3, 0.4) is 0 Å². The number of allylic oxidation sites excluding steroid dienone is 7. The van der Waals surface area contributed by atoms with Crippen molar-refractivity contribution in [1.82, 2.24) is 0 Å². The zero-order chi connectivity index (χ0) is 14.2. The Morgan fingerprint density at radius 3 is 2.32 bits per heavy atom. The highest BCUT2D eigenvalue weighted by Crippen LogP contribution is 2.09. The average molecular weight is 261 g/mol. The normalized spacial score (nSPS) is 13.8. The van der Waals surface area contributed by atoms with E-state index in [1.165, 1.54) is 51.4 Å². The molecule has 1 atom stereocenters. The SMILES string of the molecule is C=CC=CC=CC=CCCCCCCC(N)CCC. The molecule has 0 aliphatic rings. The highest BCUT2D eigenvalue weighted by molar-refractivity contribution is 5.14. The molecule has 2 N–H and O–H groups in total. The van der Waals surface area contributed by atoms with Gasteiger partial charge in [-0.05, 0) is 25.7 Å².